The lowest BCUT2D eigenvalue weighted by Gasteiger charge is -2.36. The molecule has 1 aromatic carbocycles. The number of ketones is 1. The van der Waals surface area contributed by atoms with E-state index in [9.17, 15) is 33.6 Å². The fourth-order valence-electron chi connectivity index (χ4n) is 5.36. The molecule has 14 nitrogen and oxygen atoms in total. The molecule has 4 unspecified atom stereocenters. The van der Waals surface area contributed by atoms with E-state index in [0.29, 0.717) is 18.4 Å². The van der Waals surface area contributed by atoms with Crippen molar-refractivity contribution in [3.63, 3.8) is 0 Å². The summed E-state index contributed by atoms with van der Waals surface area (Å²) in [5, 5.41) is 20.5. The predicted molar refractivity (Wildman–Crippen MR) is 191 cm³/mol. The molecule has 5 N–H and O–H groups in total. The summed E-state index contributed by atoms with van der Waals surface area (Å²) in [6.07, 6.45) is 1.02. The summed E-state index contributed by atoms with van der Waals surface area (Å²) in [6, 6.07) is 1.94. The first-order valence-electron chi connectivity index (χ1n) is 17.2. The van der Waals surface area contributed by atoms with Gasteiger partial charge in [0.1, 0.15) is 29.7 Å². The normalized spacial score (nSPS) is 14.6. The third-order valence-corrected chi connectivity index (χ3v) is 9.76. The minimum Gasteiger partial charge on any atom is -0.480 e. The molecule has 0 spiro atoms. The number of benzene rings is 1. The Morgan fingerprint density at radius 1 is 0.840 bits per heavy atom. The van der Waals surface area contributed by atoms with E-state index >= 15 is 0 Å². The molecule has 0 fully saturated rings. The van der Waals surface area contributed by atoms with Crippen LogP contribution in [-0.2, 0) is 39.2 Å². The van der Waals surface area contributed by atoms with Crippen molar-refractivity contribution in [2.45, 2.75) is 126 Å². The zero-order valence-electron chi connectivity index (χ0n) is 31.5. The van der Waals surface area contributed by atoms with Crippen LogP contribution in [0.15, 0.2) is 24.3 Å². The van der Waals surface area contributed by atoms with Crippen LogP contribution in [0.1, 0.15) is 101 Å². The monoisotopic (exact) mass is 726 g/mol. The Morgan fingerprint density at radius 2 is 1.38 bits per heavy atom. The largest absolute Gasteiger partial charge is 0.530 e. The maximum atomic E-state index is 13.9. The number of nitrogens with one attached hydrogen (secondary N) is 4. The van der Waals surface area contributed by atoms with E-state index in [0.717, 1.165) is 0 Å². The molecule has 0 aliphatic rings. The van der Waals surface area contributed by atoms with Gasteiger partial charge in [-0.3, -0.25) is 23.4 Å². The van der Waals surface area contributed by atoms with Crippen molar-refractivity contribution in [1.29, 1.82) is 0 Å². The van der Waals surface area contributed by atoms with E-state index in [1.807, 2.05) is 55.4 Å². The van der Waals surface area contributed by atoms with Crippen molar-refractivity contribution in [2.75, 3.05) is 13.2 Å². The molecule has 0 heterocycles. The van der Waals surface area contributed by atoms with Crippen LogP contribution in [0.4, 0.5) is 4.79 Å². The van der Waals surface area contributed by atoms with Crippen molar-refractivity contribution < 1.29 is 47.2 Å². The highest BCUT2D eigenvalue weighted by molar-refractivity contribution is 7.48. The van der Waals surface area contributed by atoms with Gasteiger partial charge in [0.15, 0.2) is 0 Å². The Morgan fingerprint density at radius 3 is 1.84 bits per heavy atom. The molecule has 50 heavy (non-hydrogen) atoms. The van der Waals surface area contributed by atoms with Crippen molar-refractivity contribution in [1.82, 2.24) is 21.3 Å². The standard InChI is InChI=1S/C35H59N4O10P/c1-12-23(6)29(31(42)39-35(10,11)21-34(8,9)24(7)40)38-30(41)27(36-33(45)37-28(32(43)44)19-22(4)5)20-25-15-17-26(18-16-25)49-50(46,47-13-2)48-14-3/h15-18,22-23,27-29H,12-14,19-21H2,1-11H3,(H,38,41)(H,39,42)(H,43,44)(H2,36,37,45). The number of phosphoric ester groups is 1. The highest BCUT2D eigenvalue weighted by Gasteiger charge is 2.37. The van der Waals surface area contributed by atoms with Gasteiger partial charge in [-0.05, 0) is 77.0 Å². The lowest BCUT2D eigenvalue weighted by molar-refractivity contribution is -0.139. The molecular formula is C35H59N4O10P. The lowest BCUT2D eigenvalue weighted by Crippen LogP contribution is -2.60. The van der Waals surface area contributed by atoms with Gasteiger partial charge >= 0.3 is 19.8 Å². The second kappa shape index (κ2) is 19.8. The fraction of sp³-hybridized carbons (Fsp3) is 0.686. The van der Waals surface area contributed by atoms with Gasteiger partial charge in [0.2, 0.25) is 11.8 Å². The number of aliphatic carboxylic acids is 1. The van der Waals surface area contributed by atoms with Crippen LogP contribution in [-0.4, -0.2) is 71.6 Å². The molecule has 4 amide bonds. The molecule has 1 rings (SSSR count). The third kappa shape index (κ3) is 15.2. The molecule has 15 heteroatoms. The topological polar surface area (TPSA) is 198 Å². The van der Waals surface area contributed by atoms with Gasteiger partial charge in [-0.25, -0.2) is 14.2 Å². The van der Waals surface area contributed by atoms with E-state index in [1.165, 1.54) is 19.1 Å². The summed E-state index contributed by atoms with van der Waals surface area (Å²) in [7, 11) is -3.85. The van der Waals surface area contributed by atoms with Gasteiger partial charge in [-0.15, -0.1) is 0 Å². The molecule has 0 aliphatic carbocycles. The zero-order chi connectivity index (χ0) is 38.4. The van der Waals surface area contributed by atoms with E-state index in [-0.39, 0.29) is 49.4 Å². The number of hydrogen-bond acceptors (Lipinski definition) is 9. The number of carbonyl (C=O) groups excluding carboxylic acids is 4. The summed E-state index contributed by atoms with van der Waals surface area (Å²) in [5.74, 6) is -2.51. The quantitative estimate of drug-likeness (QED) is 0.0966. The summed E-state index contributed by atoms with van der Waals surface area (Å²) in [4.78, 5) is 64.7. The Balaban J connectivity index is 3.38. The molecule has 284 valence electrons. The van der Waals surface area contributed by atoms with Crippen molar-refractivity contribution in [3.05, 3.63) is 29.8 Å². The van der Waals surface area contributed by atoms with Gasteiger partial charge in [-0.1, -0.05) is 60.1 Å². The third-order valence-electron chi connectivity index (χ3n) is 8.18. The average Bonchev–Trinajstić information content (AvgIpc) is 2.98. The molecule has 0 aromatic heterocycles. The highest BCUT2D eigenvalue weighted by Crippen LogP contribution is 2.49. The lowest BCUT2D eigenvalue weighted by atomic mass is 9.77. The SMILES string of the molecule is CCOP(=O)(OCC)Oc1ccc(CC(NC(=O)NC(CC(C)C)C(=O)O)C(=O)NC(C(=O)NC(C)(C)CC(C)(C)C(C)=O)C(C)CC)cc1. The Bertz CT molecular complexity index is 1340. The highest BCUT2D eigenvalue weighted by atomic mass is 31.2. The van der Waals surface area contributed by atoms with Crippen LogP contribution in [0, 0.1) is 17.3 Å². The van der Waals surface area contributed by atoms with Crippen LogP contribution in [0.25, 0.3) is 0 Å². The van der Waals surface area contributed by atoms with Crippen molar-refractivity contribution >= 4 is 37.4 Å². The van der Waals surface area contributed by atoms with Gasteiger partial charge in [-0.2, -0.15) is 0 Å². The van der Waals surface area contributed by atoms with E-state index in [2.05, 4.69) is 21.3 Å². The van der Waals surface area contributed by atoms with Crippen LogP contribution >= 0.6 is 7.82 Å². The number of carbonyl (C=O) groups is 5. The molecule has 0 bridgehead atoms. The van der Waals surface area contributed by atoms with E-state index in [1.54, 1.807) is 26.0 Å². The van der Waals surface area contributed by atoms with Crippen LogP contribution < -0.4 is 25.8 Å². The van der Waals surface area contributed by atoms with Crippen LogP contribution in [0.5, 0.6) is 5.75 Å². The maximum Gasteiger partial charge on any atom is 0.530 e. The predicted octanol–water partition coefficient (Wildman–Crippen LogP) is 5.39. The molecular weight excluding hydrogens is 667 g/mol. The van der Waals surface area contributed by atoms with Gasteiger partial charge in [0.25, 0.3) is 0 Å². The average molecular weight is 727 g/mol. The van der Waals surface area contributed by atoms with Crippen LogP contribution in [0.2, 0.25) is 0 Å². The van der Waals surface area contributed by atoms with Gasteiger partial charge in [0.05, 0.1) is 13.2 Å². The zero-order valence-corrected chi connectivity index (χ0v) is 32.4. The van der Waals surface area contributed by atoms with Crippen molar-refractivity contribution in [3.8, 4) is 5.75 Å². The van der Waals surface area contributed by atoms with Crippen molar-refractivity contribution in [2.24, 2.45) is 17.3 Å². The molecule has 1 aromatic rings. The molecule has 4 atom stereocenters. The number of carboxylic acid groups (broad SMARTS) is 1. The number of urea groups is 1. The first kappa shape index (κ1) is 44.5. The van der Waals surface area contributed by atoms with Gasteiger partial charge in [0, 0.05) is 17.4 Å². The van der Waals surface area contributed by atoms with E-state index < -0.39 is 60.7 Å². The molecule has 0 saturated heterocycles. The number of phosphoric acid groups is 1. The first-order valence-corrected chi connectivity index (χ1v) is 18.7. The minimum absolute atomic E-state index is 0.0190. The second-order valence-corrected chi connectivity index (χ2v) is 15.9. The van der Waals surface area contributed by atoms with Gasteiger partial charge < -0.3 is 30.9 Å². The number of carboxylic acids is 1. The number of amides is 4. The fourth-order valence-corrected chi connectivity index (χ4v) is 6.55. The maximum absolute atomic E-state index is 13.9. The number of hydrogen-bond donors (Lipinski definition) is 5. The molecule has 0 aliphatic heterocycles. The molecule has 0 saturated carbocycles. The Labute approximate surface area is 297 Å². The van der Waals surface area contributed by atoms with Crippen LogP contribution in [0.3, 0.4) is 0 Å². The first-order chi connectivity index (χ1) is 23.1. The smallest absolute Gasteiger partial charge is 0.480 e. The number of Topliss-reactive ketones (excluding diaryl/α,β-unsaturated/α-hetero) is 1. The Kier molecular flexibility index (Phi) is 17.6. The number of rotatable bonds is 22. The summed E-state index contributed by atoms with van der Waals surface area (Å²) >= 11 is 0. The summed E-state index contributed by atoms with van der Waals surface area (Å²) in [5.41, 5.74) is -0.920. The second-order valence-electron chi connectivity index (χ2n) is 14.3. The minimum atomic E-state index is -3.85. The Hall–Kier alpha value is -3.48. The van der Waals surface area contributed by atoms with E-state index in [4.69, 9.17) is 13.6 Å². The summed E-state index contributed by atoms with van der Waals surface area (Å²) < 4.78 is 28.7. The molecule has 0 radical (unpaired) electrons. The summed E-state index contributed by atoms with van der Waals surface area (Å²) in [6.45, 7) is 19.6.